The van der Waals surface area contributed by atoms with E-state index in [-0.39, 0.29) is 11.3 Å². The van der Waals surface area contributed by atoms with Crippen molar-refractivity contribution < 1.29 is 18.8 Å². The normalized spacial score (nSPS) is 16.4. The Morgan fingerprint density at radius 1 is 1.24 bits per heavy atom. The SMILES string of the molecule is COc1ccc(C2(CNC(=O)c3c(C)noc3C)CCOCC2)cc1. The summed E-state index contributed by atoms with van der Waals surface area (Å²) in [6, 6.07) is 8.07. The first-order valence-corrected chi connectivity index (χ1v) is 8.49. The number of hydrogen-bond acceptors (Lipinski definition) is 5. The number of aryl methyl sites for hydroxylation is 2. The Bertz CT molecular complexity index is 711. The Morgan fingerprint density at radius 2 is 1.92 bits per heavy atom. The molecule has 6 heteroatoms. The monoisotopic (exact) mass is 344 g/mol. The van der Waals surface area contributed by atoms with Gasteiger partial charge < -0.3 is 19.3 Å². The van der Waals surface area contributed by atoms with Gasteiger partial charge in [-0.1, -0.05) is 17.3 Å². The summed E-state index contributed by atoms with van der Waals surface area (Å²) in [5.41, 5.74) is 2.19. The van der Waals surface area contributed by atoms with Crippen LogP contribution in [0.4, 0.5) is 0 Å². The number of ether oxygens (including phenoxy) is 2. The Labute approximate surface area is 147 Å². The third-order valence-electron chi connectivity index (χ3n) is 5.00. The lowest BCUT2D eigenvalue weighted by Gasteiger charge is -2.38. The molecule has 1 aromatic carbocycles. The van der Waals surface area contributed by atoms with Crippen molar-refractivity contribution in [1.82, 2.24) is 10.5 Å². The van der Waals surface area contributed by atoms with Gasteiger partial charge in [0.15, 0.2) is 0 Å². The van der Waals surface area contributed by atoms with Gasteiger partial charge in [0.2, 0.25) is 0 Å². The Balaban J connectivity index is 1.80. The summed E-state index contributed by atoms with van der Waals surface area (Å²) in [7, 11) is 1.66. The Hall–Kier alpha value is -2.34. The molecular weight excluding hydrogens is 320 g/mol. The van der Waals surface area contributed by atoms with E-state index < -0.39 is 0 Å². The fraction of sp³-hybridized carbons (Fsp3) is 0.474. The van der Waals surface area contributed by atoms with E-state index in [0.717, 1.165) is 18.6 Å². The van der Waals surface area contributed by atoms with E-state index in [1.807, 2.05) is 12.1 Å². The van der Waals surface area contributed by atoms with Crippen LogP contribution in [-0.2, 0) is 10.2 Å². The van der Waals surface area contributed by atoms with Crippen molar-refractivity contribution in [3.8, 4) is 5.75 Å². The maximum atomic E-state index is 12.6. The van der Waals surface area contributed by atoms with Gasteiger partial charge >= 0.3 is 0 Å². The van der Waals surface area contributed by atoms with Crippen LogP contribution in [0.1, 0.15) is 40.2 Å². The summed E-state index contributed by atoms with van der Waals surface area (Å²) in [4.78, 5) is 12.6. The first kappa shape index (κ1) is 17.5. The van der Waals surface area contributed by atoms with E-state index in [2.05, 4.69) is 22.6 Å². The van der Waals surface area contributed by atoms with Crippen LogP contribution in [0.2, 0.25) is 0 Å². The second-order valence-corrected chi connectivity index (χ2v) is 6.50. The lowest BCUT2D eigenvalue weighted by Crippen LogP contribution is -2.44. The third kappa shape index (κ3) is 3.54. The summed E-state index contributed by atoms with van der Waals surface area (Å²) < 4.78 is 15.9. The topological polar surface area (TPSA) is 73.6 Å². The number of nitrogens with zero attached hydrogens (tertiary/aromatic N) is 1. The fourth-order valence-corrected chi connectivity index (χ4v) is 3.42. The summed E-state index contributed by atoms with van der Waals surface area (Å²) in [6.07, 6.45) is 1.72. The van der Waals surface area contributed by atoms with E-state index in [9.17, 15) is 4.79 Å². The molecule has 0 radical (unpaired) electrons. The van der Waals surface area contributed by atoms with Crippen LogP contribution in [0.3, 0.4) is 0 Å². The fourth-order valence-electron chi connectivity index (χ4n) is 3.42. The molecule has 134 valence electrons. The highest BCUT2D eigenvalue weighted by molar-refractivity contribution is 5.96. The molecule has 1 aliphatic heterocycles. The van der Waals surface area contributed by atoms with Crippen LogP contribution in [0, 0.1) is 13.8 Å². The lowest BCUT2D eigenvalue weighted by atomic mass is 9.74. The van der Waals surface area contributed by atoms with E-state index in [4.69, 9.17) is 14.0 Å². The zero-order chi connectivity index (χ0) is 17.9. The summed E-state index contributed by atoms with van der Waals surface area (Å²) in [5.74, 6) is 1.22. The second-order valence-electron chi connectivity index (χ2n) is 6.50. The van der Waals surface area contributed by atoms with E-state index in [0.29, 0.717) is 36.8 Å². The number of aromatic nitrogens is 1. The van der Waals surface area contributed by atoms with Crippen LogP contribution >= 0.6 is 0 Å². The molecule has 0 unspecified atom stereocenters. The molecule has 0 bridgehead atoms. The quantitative estimate of drug-likeness (QED) is 0.903. The number of hydrogen-bond donors (Lipinski definition) is 1. The lowest BCUT2D eigenvalue weighted by molar-refractivity contribution is 0.0487. The molecule has 1 aliphatic rings. The summed E-state index contributed by atoms with van der Waals surface area (Å²) in [5, 5.41) is 6.94. The standard InChI is InChI=1S/C19H24N2O4/c1-13-17(14(2)25-21-13)18(22)20-12-19(8-10-24-11-9-19)15-4-6-16(23-3)7-5-15/h4-7H,8-12H2,1-3H3,(H,20,22). The minimum atomic E-state index is -0.143. The highest BCUT2D eigenvalue weighted by Crippen LogP contribution is 2.35. The van der Waals surface area contributed by atoms with Crippen LogP contribution < -0.4 is 10.1 Å². The number of amides is 1. The van der Waals surface area contributed by atoms with Crippen molar-refractivity contribution in [3.05, 3.63) is 46.8 Å². The second kappa shape index (κ2) is 7.27. The molecule has 1 amide bonds. The number of carbonyl (C=O) groups excluding carboxylic acids is 1. The van der Waals surface area contributed by atoms with Gasteiger partial charge in [-0.15, -0.1) is 0 Å². The number of carbonyl (C=O) groups is 1. The van der Waals surface area contributed by atoms with Gasteiger partial charge in [0.25, 0.3) is 5.91 Å². The Morgan fingerprint density at radius 3 is 2.48 bits per heavy atom. The molecule has 1 saturated heterocycles. The van der Waals surface area contributed by atoms with Crippen molar-refractivity contribution in [2.75, 3.05) is 26.9 Å². The van der Waals surface area contributed by atoms with Gasteiger partial charge in [-0.2, -0.15) is 0 Å². The number of benzene rings is 1. The van der Waals surface area contributed by atoms with Crippen LogP contribution in [0.25, 0.3) is 0 Å². The van der Waals surface area contributed by atoms with Gasteiger partial charge in [-0.05, 0) is 44.4 Å². The van der Waals surface area contributed by atoms with Crippen LogP contribution in [0.5, 0.6) is 5.75 Å². The summed E-state index contributed by atoms with van der Waals surface area (Å²) in [6.45, 7) is 5.45. The van der Waals surface area contributed by atoms with E-state index in [1.165, 1.54) is 5.56 Å². The van der Waals surface area contributed by atoms with Crippen LogP contribution in [0.15, 0.2) is 28.8 Å². The summed E-state index contributed by atoms with van der Waals surface area (Å²) >= 11 is 0. The molecule has 3 rings (SSSR count). The molecular formula is C19H24N2O4. The molecule has 2 heterocycles. The average Bonchev–Trinajstić information content (AvgIpc) is 2.99. The van der Waals surface area contributed by atoms with Crippen LogP contribution in [-0.4, -0.2) is 37.9 Å². The average molecular weight is 344 g/mol. The van der Waals surface area contributed by atoms with Crippen molar-refractivity contribution in [3.63, 3.8) is 0 Å². The van der Waals surface area contributed by atoms with Gasteiger partial charge in [0, 0.05) is 25.2 Å². The number of methoxy groups -OCH3 is 1. The number of nitrogens with one attached hydrogen (secondary N) is 1. The maximum absolute atomic E-state index is 12.6. The molecule has 25 heavy (non-hydrogen) atoms. The molecule has 0 spiro atoms. The van der Waals surface area contributed by atoms with Gasteiger partial charge in [-0.3, -0.25) is 4.79 Å². The van der Waals surface area contributed by atoms with Gasteiger partial charge in [0.05, 0.1) is 12.8 Å². The highest BCUT2D eigenvalue weighted by atomic mass is 16.5. The zero-order valence-corrected chi connectivity index (χ0v) is 14.9. The highest BCUT2D eigenvalue weighted by Gasteiger charge is 2.35. The van der Waals surface area contributed by atoms with Crippen molar-refractivity contribution in [2.45, 2.75) is 32.1 Å². The Kier molecular flexibility index (Phi) is 5.08. The zero-order valence-electron chi connectivity index (χ0n) is 14.9. The van der Waals surface area contributed by atoms with Gasteiger partial charge in [0.1, 0.15) is 17.1 Å². The molecule has 0 saturated carbocycles. The minimum Gasteiger partial charge on any atom is -0.497 e. The predicted octanol–water partition coefficient (Wildman–Crippen LogP) is 2.78. The minimum absolute atomic E-state index is 0.140. The third-order valence-corrected chi connectivity index (χ3v) is 5.00. The smallest absolute Gasteiger partial charge is 0.256 e. The molecule has 1 fully saturated rings. The van der Waals surface area contributed by atoms with E-state index in [1.54, 1.807) is 21.0 Å². The number of rotatable bonds is 5. The molecule has 0 aliphatic carbocycles. The largest absolute Gasteiger partial charge is 0.497 e. The molecule has 1 N–H and O–H groups in total. The van der Waals surface area contributed by atoms with E-state index >= 15 is 0 Å². The van der Waals surface area contributed by atoms with Crippen molar-refractivity contribution in [1.29, 1.82) is 0 Å². The first-order valence-electron chi connectivity index (χ1n) is 8.49. The molecule has 2 aromatic rings. The van der Waals surface area contributed by atoms with Crippen molar-refractivity contribution in [2.24, 2.45) is 0 Å². The first-order chi connectivity index (χ1) is 12.1. The molecule has 0 atom stereocenters. The molecule has 6 nitrogen and oxygen atoms in total. The van der Waals surface area contributed by atoms with Crippen molar-refractivity contribution >= 4 is 5.91 Å². The van der Waals surface area contributed by atoms with Gasteiger partial charge in [-0.25, -0.2) is 0 Å². The predicted molar refractivity (Wildman–Crippen MR) is 93.0 cm³/mol. The molecule has 1 aromatic heterocycles. The maximum Gasteiger partial charge on any atom is 0.256 e.